The summed E-state index contributed by atoms with van der Waals surface area (Å²) in [7, 11) is 0. The normalized spacial score (nSPS) is 30.0. The first-order valence-corrected chi connectivity index (χ1v) is 45.2. The van der Waals surface area contributed by atoms with Crippen LogP contribution in [0.25, 0.3) is 0 Å². The van der Waals surface area contributed by atoms with Gasteiger partial charge in [-0.25, -0.2) is 0 Å². The predicted molar refractivity (Wildman–Crippen MR) is 140 cm³/mol. The quantitative estimate of drug-likeness (QED) is 0.197. The summed E-state index contributed by atoms with van der Waals surface area (Å²) < 4.78 is 0. The molecule has 0 N–H and O–H groups in total. The summed E-state index contributed by atoms with van der Waals surface area (Å²) in [5, 5.41) is 0. The maximum atomic E-state index is 6.72. The summed E-state index contributed by atoms with van der Waals surface area (Å²) in [5.41, 5.74) is -28.6. The molecule has 0 aromatic heterocycles. The fourth-order valence-corrected chi connectivity index (χ4v) is 518. The van der Waals surface area contributed by atoms with Crippen molar-refractivity contribution in [3.05, 3.63) is 0 Å². The van der Waals surface area contributed by atoms with Gasteiger partial charge in [-0.1, -0.05) is 0 Å². The van der Waals surface area contributed by atoms with E-state index in [1.54, 1.807) is 0 Å². The minimum Gasteiger partial charge on any atom is -0.151 e. The van der Waals surface area contributed by atoms with Gasteiger partial charge in [-0.2, -0.15) is 44.3 Å². The Morgan fingerprint density at radius 1 is 0.333 bits per heavy atom. The Bertz CT molecular complexity index is 471. The molecule has 144 valence electrons. The highest BCUT2D eigenvalue weighted by Gasteiger charge is 3.02. The predicted octanol–water partition coefficient (Wildman–Crippen LogP) is 7.99. The zero-order chi connectivity index (χ0) is 20.0. The molecule has 24 heavy (non-hydrogen) atoms. The topological polar surface area (TPSA) is 0 Å². The zero-order valence-corrected chi connectivity index (χ0v) is 30.1. The molecular formula is Cl16Si8. The van der Waals surface area contributed by atoms with Crippen LogP contribution in [0, 0.1) is 0 Å². The van der Waals surface area contributed by atoms with E-state index in [1.807, 2.05) is 0 Å². The minimum atomic E-state index is -4.23. The van der Waals surface area contributed by atoms with Gasteiger partial charge >= 0.3 is 11.0 Å². The highest BCUT2D eigenvalue weighted by Crippen LogP contribution is 2.70. The van der Waals surface area contributed by atoms with Crippen molar-refractivity contribution in [3.8, 4) is 0 Å². The molecule has 0 saturated carbocycles. The minimum absolute atomic E-state index is 3.96. The van der Waals surface area contributed by atoms with E-state index in [0.717, 1.165) is 0 Å². The lowest BCUT2D eigenvalue weighted by atomic mass is 25.7. The third kappa shape index (κ3) is 3.46. The number of halogens is 16. The van der Waals surface area contributed by atoms with E-state index in [2.05, 4.69) is 0 Å². The lowest BCUT2D eigenvalue weighted by Crippen LogP contribution is -3.04. The molecule has 0 nitrogen and oxygen atoms in total. The summed E-state index contributed by atoms with van der Waals surface area (Å²) in [5.74, 6) is 0. The van der Waals surface area contributed by atoms with Gasteiger partial charge in [-0.15, -0.1) is 133 Å². The van der Waals surface area contributed by atoms with Gasteiger partial charge in [0.25, 0.3) is 28.6 Å². The van der Waals surface area contributed by atoms with Gasteiger partial charge in [0.1, 0.15) is 0 Å². The van der Waals surface area contributed by atoms with E-state index in [-0.39, 0.29) is 0 Å². The van der Waals surface area contributed by atoms with Crippen LogP contribution in [0.5, 0.6) is 0 Å². The molecule has 1 heterocycles. The average Bonchev–Trinajstić information content (AvgIpc) is 2.21. The van der Waals surface area contributed by atoms with Crippen molar-refractivity contribution in [2.45, 2.75) is 0 Å². The number of hydrogen-bond acceptors (Lipinski definition) is 0. The summed E-state index contributed by atoms with van der Waals surface area (Å²) in [4.78, 5) is 0. The molecule has 0 unspecified atom stereocenters. The molecule has 0 atom stereocenters. The van der Waals surface area contributed by atoms with Crippen LogP contribution in [-0.4, -0.2) is 45.8 Å². The van der Waals surface area contributed by atoms with Crippen molar-refractivity contribution in [1.29, 1.82) is 0 Å². The first-order valence-electron chi connectivity index (χ1n) is 5.02. The molecule has 0 bridgehead atoms. The van der Waals surface area contributed by atoms with Crippen molar-refractivity contribution >= 4 is 223 Å². The Labute approximate surface area is 219 Å². The lowest BCUT2D eigenvalue weighted by Gasteiger charge is -2.61. The number of hydrogen-bond donors (Lipinski definition) is 0. The van der Waals surface area contributed by atoms with Crippen molar-refractivity contribution < 1.29 is 0 Å². The smallest absolute Gasteiger partial charge is 0.151 e. The van der Waals surface area contributed by atoms with Gasteiger partial charge in [-0.3, -0.25) is 0 Å². The van der Waals surface area contributed by atoms with Crippen LogP contribution < -0.4 is 0 Å². The Hall–Kier alpha value is 6.38. The van der Waals surface area contributed by atoms with Crippen molar-refractivity contribution in [2.24, 2.45) is 0 Å². The highest BCUT2D eigenvalue weighted by molar-refractivity contribution is 8.59. The Kier molecular flexibility index (Phi) is 9.47. The third-order valence-corrected chi connectivity index (χ3v) is 273. The Morgan fingerprint density at radius 2 is 0.500 bits per heavy atom. The molecule has 0 aliphatic carbocycles. The third-order valence-electron chi connectivity index (χ3n) is 3.37. The number of rotatable bonds is 2. The second-order valence-corrected chi connectivity index (χ2v) is 125. The van der Waals surface area contributed by atoms with E-state index in [1.165, 1.54) is 0 Å². The van der Waals surface area contributed by atoms with Crippen LogP contribution in [0.4, 0.5) is 0 Å². The maximum absolute atomic E-state index is 6.72. The first kappa shape index (κ1) is 28.4. The highest BCUT2D eigenvalue weighted by atomic mass is 35.9. The average molecular weight is 792 g/mol. The maximum Gasteiger partial charge on any atom is 0.327 e. The van der Waals surface area contributed by atoms with E-state index < -0.39 is 45.8 Å². The van der Waals surface area contributed by atoms with Crippen molar-refractivity contribution in [2.75, 3.05) is 0 Å². The molecule has 0 amide bonds. The lowest BCUT2D eigenvalue weighted by molar-refractivity contribution is 2.97. The van der Waals surface area contributed by atoms with Crippen LogP contribution in [0.1, 0.15) is 0 Å². The van der Waals surface area contributed by atoms with Crippen LogP contribution in [-0.2, 0) is 0 Å². The summed E-state index contributed by atoms with van der Waals surface area (Å²) >= 11 is 104. The standard InChI is InChI=1S/Cl16Si8/c1-17(2,3)24(18(4,5)6)22(13,14)20(9,10)19(7,8)21(11,12)23(24,15)16. The molecule has 0 aromatic rings. The fraction of sp³-hybridized carbons (Fsp3) is 0. The monoisotopic (exact) mass is 783 g/mol. The van der Waals surface area contributed by atoms with Gasteiger partial charge in [0.05, 0.1) is 0 Å². The van der Waals surface area contributed by atoms with Gasteiger partial charge in [0.15, 0.2) is 0 Å². The molecule has 1 aliphatic rings. The Balaban J connectivity index is 4.23. The van der Waals surface area contributed by atoms with E-state index in [4.69, 9.17) is 177 Å². The van der Waals surface area contributed by atoms with Crippen LogP contribution in [0.3, 0.4) is 0 Å². The molecule has 0 radical (unpaired) electrons. The molecule has 1 rings (SSSR count). The van der Waals surface area contributed by atoms with Gasteiger partial charge in [0, 0.05) is 0 Å². The van der Waals surface area contributed by atoms with Crippen molar-refractivity contribution in [3.63, 3.8) is 0 Å². The molecule has 0 aromatic carbocycles. The van der Waals surface area contributed by atoms with E-state index in [0.29, 0.717) is 0 Å². The molecule has 1 fully saturated rings. The first-order chi connectivity index (χ1) is 10.0. The van der Waals surface area contributed by atoms with Gasteiger partial charge < -0.3 is 0 Å². The summed E-state index contributed by atoms with van der Waals surface area (Å²) in [6, 6.07) is 0. The van der Waals surface area contributed by atoms with Gasteiger partial charge in [-0.05, 0) is 0 Å². The molecule has 0 spiro atoms. The van der Waals surface area contributed by atoms with Crippen molar-refractivity contribution in [1.82, 2.24) is 0 Å². The zero-order valence-electron chi connectivity index (χ0n) is 10.0. The van der Waals surface area contributed by atoms with E-state index >= 15 is 0 Å². The van der Waals surface area contributed by atoms with Crippen LogP contribution in [0.2, 0.25) is 0 Å². The van der Waals surface area contributed by atoms with E-state index in [9.17, 15) is 0 Å². The second kappa shape index (κ2) is 8.00. The molecular weight excluding hydrogens is 792 g/mol. The molecule has 1 saturated heterocycles. The van der Waals surface area contributed by atoms with Crippen LogP contribution >= 0.6 is 177 Å². The largest absolute Gasteiger partial charge is 0.327 e. The SMILES string of the molecule is Cl[Si](Cl)(Cl)[Si]1([Si](Cl)(Cl)Cl)[Si](Cl)(Cl)[Si](Cl)(Cl)[Si](Cl)(Cl)[Si](Cl)(Cl)[Si]1(Cl)Cl. The fourth-order valence-electron chi connectivity index (χ4n) is 2.13. The summed E-state index contributed by atoms with van der Waals surface area (Å²) in [6.45, 7) is 0. The molecule has 24 heteroatoms. The summed E-state index contributed by atoms with van der Waals surface area (Å²) in [6.07, 6.45) is -4.23. The molecule has 1 aliphatic heterocycles. The van der Waals surface area contributed by atoms with Gasteiger partial charge in [0.2, 0.25) is 6.14 Å². The Morgan fingerprint density at radius 3 is 0.667 bits per heavy atom. The second-order valence-electron chi connectivity index (χ2n) is 4.62. The van der Waals surface area contributed by atoms with Crippen LogP contribution in [0.15, 0.2) is 0 Å².